The van der Waals surface area contributed by atoms with E-state index in [1.807, 2.05) is 27.7 Å². The lowest BCUT2D eigenvalue weighted by atomic mass is 9.78. The fourth-order valence-corrected chi connectivity index (χ4v) is 2.16. The first-order valence-electron chi connectivity index (χ1n) is 6.13. The largest absolute Gasteiger partial charge is 0.496 e. The van der Waals surface area contributed by atoms with Crippen molar-refractivity contribution in [2.24, 2.45) is 0 Å². The molecule has 0 spiro atoms. The first kappa shape index (κ1) is 14.4. The third-order valence-corrected chi connectivity index (χ3v) is 4.33. The number of halogens is 1. The fourth-order valence-electron chi connectivity index (χ4n) is 1.90. The smallest absolute Gasteiger partial charge is 0.399 e. The lowest BCUT2D eigenvalue weighted by Crippen LogP contribution is -2.41. The second kappa shape index (κ2) is 4.51. The molecule has 102 valence electrons. The van der Waals surface area contributed by atoms with Crippen molar-refractivity contribution in [2.75, 3.05) is 5.73 Å². The fraction of sp³-hybridized carbons (Fsp3) is 0.462. The van der Waals surface area contributed by atoms with Crippen molar-refractivity contribution in [3.63, 3.8) is 0 Å². The zero-order valence-corrected chi connectivity index (χ0v) is 12.3. The summed E-state index contributed by atoms with van der Waals surface area (Å²) in [7, 11) is -0.542. The summed E-state index contributed by atoms with van der Waals surface area (Å²) >= 11 is 6.26. The molecular weight excluding hydrogens is 262 g/mol. The summed E-state index contributed by atoms with van der Waals surface area (Å²) in [4.78, 5) is 0. The summed E-state index contributed by atoms with van der Waals surface area (Å²) < 4.78 is 11.9. The molecule has 0 radical (unpaired) electrons. The van der Waals surface area contributed by atoms with Gasteiger partial charge in [-0.05, 0) is 27.7 Å². The number of nitrogen functional groups attached to an aromatic ring is 1. The van der Waals surface area contributed by atoms with Gasteiger partial charge in [0.1, 0.15) is 0 Å². The zero-order valence-electron chi connectivity index (χ0n) is 11.6. The maximum Gasteiger partial charge on any atom is 0.496 e. The first-order valence-corrected chi connectivity index (χ1v) is 6.51. The van der Waals surface area contributed by atoms with Crippen LogP contribution in [0.3, 0.4) is 0 Å². The van der Waals surface area contributed by atoms with Gasteiger partial charge in [-0.2, -0.15) is 0 Å². The number of rotatable bonds is 2. The molecule has 0 unspecified atom stereocenters. The zero-order chi connectivity index (χ0) is 14.4. The molecule has 0 aromatic heterocycles. The van der Waals surface area contributed by atoms with Crippen LogP contribution in [-0.2, 0) is 9.31 Å². The van der Waals surface area contributed by atoms with E-state index in [1.54, 1.807) is 12.1 Å². The van der Waals surface area contributed by atoms with Crippen LogP contribution in [0.15, 0.2) is 12.1 Å². The summed E-state index contributed by atoms with van der Waals surface area (Å²) in [6, 6.07) is 3.54. The Morgan fingerprint density at radius 3 is 2.21 bits per heavy atom. The minimum absolute atomic E-state index is 0.379. The van der Waals surface area contributed by atoms with Crippen LogP contribution < -0.4 is 11.2 Å². The monoisotopic (exact) mass is 280 g/mol. The lowest BCUT2D eigenvalue weighted by Gasteiger charge is -2.32. The first-order chi connectivity index (χ1) is 8.69. The van der Waals surface area contributed by atoms with Gasteiger partial charge in [0.25, 0.3) is 0 Å². The number of hydrogen-bond donors (Lipinski definition) is 2. The maximum absolute atomic E-state index is 7.26. The van der Waals surface area contributed by atoms with E-state index in [0.717, 1.165) is 0 Å². The Morgan fingerprint density at radius 1 is 1.21 bits per heavy atom. The second-order valence-corrected chi connectivity index (χ2v) is 6.08. The topological polar surface area (TPSA) is 68.3 Å². The molecule has 0 atom stereocenters. The Hall–Kier alpha value is -1.04. The van der Waals surface area contributed by atoms with Crippen LogP contribution in [0.4, 0.5) is 5.69 Å². The van der Waals surface area contributed by atoms with Crippen LogP contribution in [0.5, 0.6) is 0 Å². The molecular formula is C13H18BClN2O2. The Balaban J connectivity index is 2.41. The van der Waals surface area contributed by atoms with Gasteiger partial charge in [0.2, 0.25) is 0 Å². The highest BCUT2D eigenvalue weighted by Gasteiger charge is 2.52. The third-order valence-electron chi connectivity index (χ3n) is 3.91. The van der Waals surface area contributed by atoms with Crippen LogP contribution in [0.25, 0.3) is 0 Å². The molecule has 1 saturated heterocycles. The van der Waals surface area contributed by atoms with Gasteiger partial charge in [0.05, 0.1) is 21.9 Å². The lowest BCUT2D eigenvalue weighted by molar-refractivity contribution is 0.00578. The number of anilines is 1. The van der Waals surface area contributed by atoms with E-state index in [2.05, 4.69) is 0 Å². The molecule has 1 aromatic carbocycles. The predicted molar refractivity (Wildman–Crippen MR) is 79.5 cm³/mol. The van der Waals surface area contributed by atoms with Crippen molar-refractivity contribution in [1.82, 2.24) is 0 Å². The van der Waals surface area contributed by atoms with Crippen LogP contribution >= 0.6 is 11.6 Å². The van der Waals surface area contributed by atoms with Gasteiger partial charge in [0.15, 0.2) is 0 Å². The van der Waals surface area contributed by atoms with Gasteiger partial charge in [0, 0.05) is 17.2 Å². The molecule has 0 amide bonds. The number of nitrogens with two attached hydrogens (primary N) is 1. The molecule has 1 fully saturated rings. The molecule has 1 aliphatic rings. The predicted octanol–water partition coefficient (Wildman–Crippen LogP) is 2.22. The van der Waals surface area contributed by atoms with Crippen LogP contribution in [0.2, 0.25) is 5.02 Å². The number of nitrogens with one attached hydrogen (secondary N) is 1. The van der Waals surface area contributed by atoms with Gasteiger partial charge in [-0.15, -0.1) is 0 Å². The molecule has 1 heterocycles. The summed E-state index contributed by atoms with van der Waals surface area (Å²) in [6.07, 6.45) is 1.18. The quantitative estimate of drug-likeness (QED) is 0.496. The Morgan fingerprint density at radius 2 is 1.74 bits per heavy atom. The van der Waals surface area contributed by atoms with Gasteiger partial charge in [-0.3, -0.25) is 0 Å². The van der Waals surface area contributed by atoms with Crippen molar-refractivity contribution in [2.45, 2.75) is 38.9 Å². The molecule has 3 N–H and O–H groups in total. The van der Waals surface area contributed by atoms with E-state index >= 15 is 0 Å². The Kier molecular flexibility index (Phi) is 3.41. The number of hydrogen-bond acceptors (Lipinski definition) is 4. The van der Waals surface area contributed by atoms with E-state index in [1.165, 1.54) is 6.21 Å². The maximum atomic E-state index is 7.26. The molecule has 0 bridgehead atoms. The van der Waals surface area contributed by atoms with Gasteiger partial charge >= 0.3 is 7.12 Å². The van der Waals surface area contributed by atoms with E-state index in [9.17, 15) is 0 Å². The van der Waals surface area contributed by atoms with Crippen molar-refractivity contribution in [3.05, 3.63) is 22.7 Å². The Bertz CT molecular complexity index is 516. The standard InChI is InChI=1S/C13H18BClN2O2/c1-12(2)13(3,4)19-14(18-12)9-6-5-8(7-16)11(17)10(9)15/h5-7,16H,17H2,1-4H3. The highest BCUT2D eigenvalue weighted by Crippen LogP contribution is 2.37. The second-order valence-electron chi connectivity index (χ2n) is 5.70. The SMILES string of the molecule is CC1(C)OB(c2ccc(C=N)c(N)c2Cl)OC1(C)C. The molecule has 0 saturated carbocycles. The highest BCUT2D eigenvalue weighted by molar-refractivity contribution is 6.66. The van der Waals surface area contributed by atoms with Gasteiger partial charge in [-0.25, -0.2) is 0 Å². The third kappa shape index (κ3) is 2.26. The average molecular weight is 281 g/mol. The van der Waals surface area contributed by atoms with E-state index in [-0.39, 0.29) is 0 Å². The van der Waals surface area contributed by atoms with E-state index < -0.39 is 18.3 Å². The van der Waals surface area contributed by atoms with Gasteiger partial charge in [-0.1, -0.05) is 23.7 Å². The summed E-state index contributed by atoms with van der Waals surface area (Å²) in [6.45, 7) is 7.93. The van der Waals surface area contributed by atoms with Crippen LogP contribution in [0, 0.1) is 5.41 Å². The minimum atomic E-state index is -0.542. The number of benzene rings is 1. The molecule has 4 nitrogen and oxygen atoms in total. The molecule has 1 aliphatic heterocycles. The summed E-state index contributed by atoms with van der Waals surface area (Å²) in [5.41, 5.74) is 6.73. The van der Waals surface area contributed by atoms with Crippen molar-refractivity contribution in [1.29, 1.82) is 5.41 Å². The normalized spacial score (nSPS) is 20.6. The van der Waals surface area contributed by atoms with E-state index in [0.29, 0.717) is 21.7 Å². The molecule has 2 rings (SSSR count). The summed E-state index contributed by atoms with van der Waals surface area (Å²) in [5, 5.41) is 7.65. The minimum Gasteiger partial charge on any atom is -0.399 e. The van der Waals surface area contributed by atoms with Gasteiger partial charge < -0.3 is 20.5 Å². The highest BCUT2D eigenvalue weighted by atomic mass is 35.5. The van der Waals surface area contributed by atoms with E-state index in [4.69, 9.17) is 32.1 Å². The summed E-state index contributed by atoms with van der Waals surface area (Å²) in [5.74, 6) is 0. The molecule has 0 aliphatic carbocycles. The van der Waals surface area contributed by atoms with Crippen molar-refractivity contribution >= 4 is 36.1 Å². The van der Waals surface area contributed by atoms with Crippen molar-refractivity contribution < 1.29 is 9.31 Å². The molecule has 19 heavy (non-hydrogen) atoms. The Labute approximate surface area is 118 Å². The van der Waals surface area contributed by atoms with Crippen LogP contribution in [0.1, 0.15) is 33.3 Å². The molecule has 6 heteroatoms. The van der Waals surface area contributed by atoms with Crippen LogP contribution in [-0.4, -0.2) is 24.5 Å². The van der Waals surface area contributed by atoms with Crippen molar-refractivity contribution in [3.8, 4) is 0 Å². The average Bonchev–Trinajstić information content (AvgIpc) is 2.51. The molecule has 1 aromatic rings.